The standard InChI is InChI=1S/C33H28BrN3O4/c1-40-31-18-22(17-29(34)33(31)41-20-21-9-15-25(16-10-21)37(38)39)19-35-24-13-11-23(12-14-24)32-28-7-4-6-26(28)27-5-2-3-8-30(27)36-32/h2-6,8-19,26,28,32,36H,7,20H2,1H3/t26-,28-,32-/m0/s1. The van der Waals surface area contributed by atoms with Crippen LogP contribution < -0.4 is 14.8 Å². The summed E-state index contributed by atoms with van der Waals surface area (Å²) < 4.78 is 12.3. The van der Waals surface area contributed by atoms with Gasteiger partial charge in [-0.05, 0) is 93.0 Å². The second-order valence-electron chi connectivity index (χ2n) is 10.2. The molecule has 3 atom stereocenters. The fourth-order valence-corrected chi connectivity index (χ4v) is 6.19. The fraction of sp³-hybridized carbons (Fsp3) is 0.182. The average Bonchev–Trinajstić information content (AvgIpc) is 3.50. The first kappa shape index (κ1) is 26.8. The Kier molecular flexibility index (Phi) is 7.57. The Hall–Kier alpha value is -4.43. The summed E-state index contributed by atoms with van der Waals surface area (Å²) in [6.45, 7) is 0.242. The van der Waals surface area contributed by atoms with E-state index in [0.29, 0.717) is 23.3 Å². The Labute approximate surface area is 246 Å². The van der Waals surface area contributed by atoms with Crippen LogP contribution in [0, 0.1) is 16.0 Å². The van der Waals surface area contributed by atoms with Gasteiger partial charge in [-0.1, -0.05) is 42.5 Å². The molecule has 206 valence electrons. The largest absolute Gasteiger partial charge is 0.493 e. The average molecular weight is 611 g/mol. The molecule has 2 aliphatic rings. The van der Waals surface area contributed by atoms with Gasteiger partial charge in [0.25, 0.3) is 5.69 Å². The lowest BCUT2D eigenvalue weighted by Gasteiger charge is -2.37. The van der Waals surface area contributed by atoms with E-state index in [4.69, 9.17) is 14.5 Å². The molecule has 41 heavy (non-hydrogen) atoms. The number of anilines is 1. The predicted octanol–water partition coefficient (Wildman–Crippen LogP) is 8.52. The van der Waals surface area contributed by atoms with Gasteiger partial charge in [-0.15, -0.1) is 0 Å². The van der Waals surface area contributed by atoms with E-state index in [-0.39, 0.29) is 18.3 Å². The molecule has 1 N–H and O–H groups in total. The van der Waals surface area contributed by atoms with Crippen LogP contribution in [0.3, 0.4) is 0 Å². The number of methoxy groups -OCH3 is 1. The van der Waals surface area contributed by atoms with Gasteiger partial charge in [0.1, 0.15) is 6.61 Å². The summed E-state index contributed by atoms with van der Waals surface area (Å²) in [5.41, 5.74) is 6.43. The molecule has 8 heteroatoms. The van der Waals surface area contributed by atoms with E-state index in [1.54, 1.807) is 25.5 Å². The van der Waals surface area contributed by atoms with Crippen LogP contribution >= 0.6 is 15.9 Å². The van der Waals surface area contributed by atoms with Gasteiger partial charge >= 0.3 is 0 Å². The summed E-state index contributed by atoms with van der Waals surface area (Å²) in [4.78, 5) is 15.2. The van der Waals surface area contributed by atoms with Crippen molar-refractivity contribution in [3.8, 4) is 11.5 Å². The quantitative estimate of drug-likeness (QED) is 0.0936. The Morgan fingerprint density at radius 3 is 2.61 bits per heavy atom. The summed E-state index contributed by atoms with van der Waals surface area (Å²) in [7, 11) is 1.59. The van der Waals surface area contributed by atoms with E-state index in [0.717, 1.165) is 27.7 Å². The molecule has 0 aromatic heterocycles. The first-order valence-electron chi connectivity index (χ1n) is 13.4. The number of benzene rings is 4. The summed E-state index contributed by atoms with van der Waals surface area (Å²) in [5.74, 6) is 2.06. The maximum absolute atomic E-state index is 10.9. The number of aliphatic imine (C=N–C) groups is 1. The number of nitro groups is 1. The topological polar surface area (TPSA) is 86.0 Å². The number of nitro benzene ring substituents is 1. The molecular weight excluding hydrogens is 582 g/mol. The molecule has 1 aliphatic carbocycles. The second kappa shape index (κ2) is 11.6. The van der Waals surface area contributed by atoms with Gasteiger partial charge in [-0.3, -0.25) is 15.1 Å². The fourth-order valence-electron chi connectivity index (χ4n) is 5.61. The third-order valence-corrected chi connectivity index (χ3v) is 8.26. The number of hydrogen-bond acceptors (Lipinski definition) is 6. The first-order valence-corrected chi connectivity index (χ1v) is 14.2. The SMILES string of the molecule is COc1cc(C=Nc2ccc([C@@H]3Nc4ccccc4[C@@H]4C=CC[C@@H]43)cc2)cc(Br)c1OCc1ccc([N+](=O)[O-])cc1. The lowest BCUT2D eigenvalue weighted by molar-refractivity contribution is -0.384. The Balaban J connectivity index is 1.15. The second-order valence-corrected chi connectivity index (χ2v) is 11.0. The molecule has 0 radical (unpaired) electrons. The zero-order valence-electron chi connectivity index (χ0n) is 22.4. The van der Waals surface area contributed by atoms with E-state index >= 15 is 0 Å². The predicted molar refractivity (Wildman–Crippen MR) is 165 cm³/mol. The summed E-state index contributed by atoms with van der Waals surface area (Å²) in [6.07, 6.45) is 7.53. The minimum Gasteiger partial charge on any atom is -0.493 e. The number of nitrogens with one attached hydrogen (secondary N) is 1. The van der Waals surface area contributed by atoms with Crippen molar-refractivity contribution in [3.63, 3.8) is 0 Å². The van der Waals surface area contributed by atoms with Crippen molar-refractivity contribution in [1.82, 2.24) is 0 Å². The first-order chi connectivity index (χ1) is 20.0. The van der Waals surface area contributed by atoms with E-state index < -0.39 is 4.92 Å². The van der Waals surface area contributed by atoms with Crippen molar-refractivity contribution in [1.29, 1.82) is 0 Å². The molecule has 0 saturated carbocycles. The van der Waals surface area contributed by atoms with Crippen molar-refractivity contribution < 1.29 is 14.4 Å². The lowest BCUT2D eigenvalue weighted by atomic mass is 9.77. The van der Waals surface area contributed by atoms with Crippen LogP contribution in [0.25, 0.3) is 0 Å². The summed E-state index contributed by atoms with van der Waals surface area (Å²) in [6, 6.07) is 27.4. The maximum Gasteiger partial charge on any atom is 0.269 e. The van der Waals surface area contributed by atoms with Crippen molar-refractivity contribution in [2.75, 3.05) is 12.4 Å². The normalized spacial score (nSPS) is 18.9. The smallest absolute Gasteiger partial charge is 0.269 e. The number of rotatable bonds is 8. The maximum atomic E-state index is 10.9. The van der Waals surface area contributed by atoms with E-state index in [1.165, 1.54) is 28.9 Å². The van der Waals surface area contributed by atoms with Crippen LogP contribution in [0.2, 0.25) is 0 Å². The van der Waals surface area contributed by atoms with Gasteiger partial charge in [-0.2, -0.15) is 0 Å². The number of para-hydroxylation sites is 1. The van der Waals surface area contributed by atoms with Crippen LogP contribution in [-0.4, -0.2) is 18.2 Å². The van der Waals surface area contributed by atoms with Crippen LogP contribution in [0.4, 0.5) is 17.1 Å². The Morgan fingerprint density at radius 1 is 1.07 bits per heavy atom. The molecule has 1 heterocycles. The monoisotopic (exact) mass is 609 g/mol. The molecule has 7 nitrogen and oxygen atoms in total. The Bertz CT molecular complexity index is 1630. The van der Waals surface area contributed by atoms with Crippen molar-refractivity contribution in [2.24, 2.45) is 10.9 Å². The number of halogens is 1. The number of hydrogen-bond donors (Lipinski definition) is 1. The highest BCUT2D eigenvalue weighted by atomic mass is 79.9. The number of nitrogens with zero attached hydrogens (tertiary/aromatic N) is 2. The zero-order valence-corrected chi connectivity index (χ0v) is 24.0. The molecule has 6 rings (SSSR count). The Morgan fingerprint density at radius 2 is 1.85 bits per heavy atom. The van der Waals surface area contributed by atoms with Gasteiger partial charge in [0.15, 0.2) is 11.5 Å². The van der Waals surface area contributed by atoms with Crippen LogP contribution in [0.1, 0.15) is 40.6 Å². The van der Waals surface area contributed by atoms with Gasteiger partial charge in [-0.25, -0.2) is 0 Å². The highest BCUT2D eigenvalue weighted by Crippen LogP contribution is 2.49. The van der Waals surface area contributed by atoms with Crippen LogP contribution in [-0.2, 0) is 6.61 Å². The van der Waals surface area contributed by atoms with Crippen molar-refractivity contribution in [2.45, 2.75) is 25.0 Å². The number of allylic oxidation sites excluding steroid dienone is 2. The van der Waals surface area contributed by atoms with E-state index in [1.807, 2.05) is 12.1 Å². The number of ether oxygens (including phenoxy) is 2. The van der Waals surface area contributed by atoms with Gasteiger partial charge in [0.05, 0.1) is 28.2 Å². The van der Waals surface area contributed by atoms with Gasteiger partial charge in [0, 0.05) is 30.0 Å². The van der Waals surface area contributed by atoms with Gasteiger partial charge in [0.2, 0.25) is 0 Å². The highest BCUT2D eigenvalue weighted by Gasteiger charge is 2.37. The third kappa shape index (κ3) is 5.60. The summed E-state index contributed by atoms with van der Waals surface area (Å²) >= 11 is 3.59. The molecule has 0 bridgehead atoms. The van der Waals surface area contributed by atoms with Gasteiger partial charge < -0.3 is 14.8 Å². The molecule has 0 saturated heterocycles. The molecule has 4 aromatic carbocycles. The van der Waals surface area contributed by atoms with Crippen molar-refractivity contribution >= 4 is 39.2 Å². The highest BCUT2D eigenvalue weighted by molar-refractivity contribution is 9.10. The molecule has 1 aliphatic heterocycles. The molecule has 0 amide bonds. The number of fused-ring (bicyclic) bond motifs is 3. The van der Waals surface area contributed by atoms with Crippen LogP contribution in [0.5, 0.6) is 11.5 Å². The van der Waals surface area contributed by atoms with Crippen LogP contribution in [0.15, 0.2) is 107 Å². The molecule has 0 fully saturated rings. The minimum absolute atomic E-state index is 0.0435. The summed E-state index contributed by atoms with van der Waals surface area (Å²) in [5, 5.41) is 14.7. The minimum atomic E-state index is -0.422. The van der Waals surface area contributed by atoms with Crippen molar-refractivity contribution in [3.05, 3.63) is 134 Å². The lowest BCUT2D eigenvalue weighted by Crippen LogP contribution is -2.28. The van der Waals surface area contributed by atoms with E-state index in [9.17, 15) is 10.1 Å². The van der Waals surface area contributed by atoms with E-state index in [2.05, 4.69) is 81.9 Å². The molecule has 0 spiro atoms. The molecule has 4 aromatic rings. The zero-order chi connectivity index (χ0) is 28.3. The number of non-ortho nitro benzene ring substituents is 1. The molecule has 0 unspecified atom stereocenters. The molecular formula is C33H28BrN3O4. The third-order valence-electron chi connectivity index (χ3n) is 7.67.